The third kappa shape index (κ3) is 1.55. The van der Waals surface area contributed by atoms with E-state index in [9.17, 15) is 0 Å². The zero-order chi connectivity index (χ0) is 5.28. The number of hydrogen-bond acceptors (Lipinski definition) is 3. The van der Waals surface area contributed by atoms with E-state index in [2.05, 4.69) is 13.2 Å². The van der Waals surface area contributed by atoms with Crippen LogP contribution in [0.3, 0.4) is 0 Å². The minimum Gasteiger partial charge on any atom is -0.357 e. The molecule has 1 fully saturated rings. The van der Waals surface area contributed by atoms with E-state index in [1.165, 1.54) is 0 Å². The van der Waals surface area contributed by atoms with Crippen LogP contribution in [0.5, 0.6) is 0 Å². The third-order valence-corrected chi connectivity index (χ3v) is 2.87. The Balaban J connectivity index is 1.98. The lowest BCUT2D eigenvalue weighted by Gasteiger charge is -1.81. The van der Waals surface area contributed by atoms with Gasteiger partial charge in [-0.2, -0.15) is 0 Å². The molecule has 0 N–H and O–H groups in total. The van der Waals surface area contributed by atoms with Crippen molar-refractivity contribution in [2.75, 3.05) is 6.26 Å². The largest absolute Gasteiger partial charge is 0.357 e. The maximum absolute atomic E-state index is 5.10. The van der Waals surface area contributed by atoms with Crippen LogP contribution < -0.4 is 0 Å². The average molecular weight is 136 g/mol. The minimum atomic E-state index is 0.495. The van der Waals surface area contributed by atoms with Gasteiger partial charge in [0.05, 0.1) is 6.10 Å². The second kappa shape index (κ2) is 2.29. The molecule has 1 nitrogen and oxygen atoms in total. The molecule has 7 heavy (non-hydrogen) atoms. The summed E-state index contributed by atoms with van der Waals surface area (Å²) in [7, 11) is 3.57. The van der Waals surface area contributed by atoms with Gasteiger partial charge in [-0.05, 0) is 13.2 Å². The first kappa shape index (κ1) is 5.79. The highest BCUT2D eigenvalue weighted by Crippen LogP contribution is 2.38. The monoisotopic (exact) mass is 136 g/mol. The summed E-state index contributed by atoms with van der Waals surface area (Å²) >= 11 is 0. The molecule has 0 aromatic carbocycles. The summed E-state index contributed by atoms with van der Waals surface area (Å²) in [6.07, 6.45) is 2.58. The molecule has 1 aliphatic heterocycles. The smallest absolute Gasteiger partial charge is 0.139 e. The Morgan fingerprint density at radius 3 is 2.29 bits per heavy atom. The SMILES string of the molecule is CSSC1OC1C. The number of hydrogen-bond donors (Lipinski definition) is 0. The van der Waals surface area contributed by atoms with Crippen LogP contribution in [-0.2, 0) is 4.74 Å². The number of rotatable bonds is 2. The van der Waals surface area contributed by atoms with Gasteiger partial charge in [0.25, 0.3) is 0 Å². The Morgan fingerprint density at radius 2 is 2.14 bits per heavy atom. The van der Waals surface area contributed by atoms with Crippen molar-refractivity contribution < 1.29 is 4.74 Å². The van der Waals surface area contributed by atoms with E-state index in [1.54, 1.807) is 21.6 Å². The van der Waals surface area contributed by atoms with Gasteiger partial charge in [0.15, 0.2) is 0 Å². The van der Waals surface area contributed by atoms with Gasteiger partial charge in [-0.3, -0.25) is 0 Å². The summed E-state index contributed by atoms with van der Waals surface area (Å²) in [5.74, 6) is 0. The topological polar surface area (TPSA) is 12.5 Å². The van der Waals surface area contributed by atoms with Crippen molar-refractivity contribution in [3.63, 3.8) is 0 Å². The Bertz CT molecular complexity index is 66.7. The lowest BCUT2D eigenvalue weighted by Crippen LogP contribution is -1.74. The van der Waals surface area contributed by atoms with Crippen LogP contribution in [0.4, 0.5) is 0 Å². The predicted octanol–water partition coefficient (Wildman–Crippen LogP) is 1.74. The fourth-order valence-corrected chi connectivity index (χ4v) is 2.10. The van der Waals surface area contributed by atoms with Crippen molar-refractivity contribution in [2.45, 2.75) is 18.5 Å². The standard InChI is InChI=1S/C4H8OS2/c1-3-4(5-3)7-6-2/h3-4H,1-2H3. The van der Waals surface area contributed by atoms with Crippen LogP contribution in [0.1, 0.15) is 6.92 Å². The van der Waals surface area contributed by atoms with Crippen LogP contribution in [-0.4, -0.2) is 17.8 Å². The quantitative estimate of drug-likeness (QED) is 0.424. The second-order valence-electron chi connectivity index (χ2n) is 1.47. The average Bonchev–Trinajstić information content (AvgIpc) is 2.22. The first-order chi connectivity index (χ1) is 3.34. The molecule has 0 spiro atoms. The Hall–Kier alpha value is 0.660. The summed E-state index contributed by atoms with van der Waals surface area (Å²) in [5, 5.41) is 0. The van der Waals surface area contributed by atoms with Crippen LogP contribution in [0.2, 0.25) is 0 Å². The van der Waals surface area contributed by atoms with Crippen molar-refractivity contribution in [1.29, 1.82) is 0 Å². The van der Waals surface area contributed by atoms with Gasteiger partial charge in [0.1, 0.15) is 5.44 Å². The van der Waals surface area contributed by atoms with Crippen LogP contribution in [0, 0.1) is 0 Å². The van der Waals surface area contributed by atoms with Gasteiger partial charge < -0.3 is 4.74 Å². The maximum Gasteiger partial charge on any atom is 0.139 e. The molecular weight excluding hydrogens is 128 g/mol. The zero-order valence-electron chi connectivity index (χ0n) is 4.38. The molecule has 0 radical (unpaired) electrons. The normalized spacial score (nSPS) is 38.6. The summed E-state index contributed by atoms with van der Waals surface area (Å²) in [6.45, 7) is 2.09. The summed E-state index contributed by atoms with van der Waals surface area (Å²) in [4.78, 5) is 0. The molecule has 1 heterocycles. The van der Waals surface area contributed by atoms with E-state index in [4.69, 9.17) is 4.74 Å². The highest BCUT2D eigenvalue weighted by Gasteiger charge is 2.34. The van der Waals surface area contributed by atoms with Gasteiger partial charge in [0, 0.05) is 0 Å². The van der Waals surface area contributed by atoms with Crippen molar-refractivity contribution in [1.82, 2.24) is 0 Å². The minimum absolute atomic E-state index is 0.495. The van der Waals surface area contributed by atoms with Crippen LogP contribution in [0.15, 0.2) is 0 Å². The molecule has 1 rings (SSSR count). The molecule has 1 saturated heterocycles. The van der Waals surface area contributed by atoms with Crippen LogP contribution in [0.25, 0.3) is 0 Å². The van der Waals surface area contributed by atoms with Crippen molar-refractivity contribution in [3.05, 3.63) is 0 Å². The molecule has 0 saturated carbocycles. The Morgan fingerprint density at radius 1 is 1.57 bits per heavy atom. The molecule has 2 atom stereocenters. The number of ether oxygens (including phenoxy) is 1. The summed E-state index contributed by atoms with van der Waals surface area (Å²) in [6, 6.07) is 0. The lowest BCUT2D eigenvalue weighted by molar-refractivity contribution is 0.414. The second-order valence-corrected chi connectivity index (χ2v) is 4.04. The maximum atomic E-state index is 5.10. The number of epoxide rings is 1. The van der Waals surface area contributed by atoms with E-state index < -0.39 is 0 Å². The van der Waals surface area contributed by atoms with E-state index in [0.717, 1.165) is 0 Å². The van der Waals surface area contributed by atoms with Crippen molar-refractivity contribution >= 4 is 21.6 Å². The van der Waals surface area contributed by atoms with E-state index in [0.29, 0.717) is 11.5 Å². The highest BCUT2D eigenvalue weighted by molar-refractivity contribution is 8.76. The van der Waals surface area contributed by atoms with E-state index in [1.807, 2.05) is 0 Å². The van der Waals surface area contributed by atoms with E-state index >= 15 is 0 Å². The highest BCUT2D eigenvalue weighted by atomic mass is 33.1. The van der Waals surface area contributed by atoms with Crippen molar-refractivity contribution in [2.24, 2.45) is 0 Å². The summed E-state index contributed by atoms with van der Waals surface area (Å²) in [5.41, 5.74) is 0.495. The van der Waals surface area contributed by atoms with Gasteiger partial charge in [-0.1, -0.05) is 21.6 Å². The predicted molar refractivity (Wildman–Crippen MR) is 35.4 cm³/mol. The first-order valence-corrected chi connectivity index (χ1v) is 4.81. The third-order valence-electron chi connectivity index (χ3n) is 0.847. The molecule has 0 aliphatic carbocycles. The Labute approximate surface area is 51.6 Å². The molecule has 0 aromatic rings. The fourth-order valence-electron chi connectivity index (χ4n) is 0.362. The molecule has 2 unspecified atom stereocenters. The molecule has 1 aliphatic rings. The van der Waals surface area contributed by atoms with Gasteiger partial charge in [0.2, 0.25) is 0 Å². The molecule has 0 amide bonds. The van der Waals surface area contributed by atoms with Crippen molar-refractivity contribution in [3.8, 4) is 0 Å². The molecular formula is C4H8OS2. The summed E-state index contributed by atoms with van der Waals surface area (Å²) < 4.78 is 5.10. The lowest BCUT2D eigenvalue weighted by atomic mass is 10.6. The molecule has 0 bridgehead atoms. The molecule has 3 heteroatoms. The Kier molecular flexibility index (Phi) is 1.89. The zero-order valence-corrected chi connectivity index (χ0v) is 6.01. The van der Waals surface area contributed by atoms with Gasteiger partial charge in [-0.15, -0.1) is 0 Å². The van der Waals surface area contributed by atoms with E-state index in [-0.39, 0.29) is 0 Å². The molecule has 42 valence electrons. The van der Waals surface area contributed by atoms with Gasteiger partial charge in [-0.25, -0.2) is 0 Å². The fraction of sp³-hybridized carbons (Fsp3) is 1.00. The van der Waals surface area contributed by atoms with Gasteiger partial charge >= 0.3 is 0 Å². The first-order valence-electron chi connectivity index (χ1n) is 2.19. The molecule has 0 aromatic heterocycles. The van der Waals surface area contributed by atoms with Crippen LogP contribution >= 0.6 is 21.6 Å².